The van der Waals surface area contributed by atoms with Crippen LogP contribution in [0.3, 0.4) is 0 Å². The maximum atomic E-state index is 10.6. The van der Waals surface area contributed by atoms with Crippen molar-refractivity contribution >= 4 is 23.3 Å². The van der Waals surface area contributed by atoms with Crippen LogP contribution in [0.4, 0.5) is 17.2 Å². The Labute approximate surface area is 110 Å². The van der Waals surface area contributed by atoms with Crippen LogP contribution in [0, 0.1) is 10.1 Å². The lowest BCUT2D eigenvalue weighted by atomic mass is 10.1. The fourth-order valence-corrected chi connectivity index (χ4v) is 2.12. The summed E-state index contributed by atoms with van der Waals surface area (Å²) < 4.78 is 0. The van der Waals surface area contributed by atoms with Crippen molar-refractivity contribution in [3.63, 3.8) is 0 Å². The van der Waals surface area contributed by atoms with Gasteiger partial charge in [-0.25, -0.2) is 4.98 Å². The first-order chi connectivity index (χ1) is 9.25. The largest absolute Gasteiger partial charge is 0.322 e. The van der Waals surface area contributed by atoms with E-state index in [4.69, 9.17) is 0 Å². The number of aromatic nitrogens is 1. The number of nitrogens with zero attached hydrogens (tertiary/aromatic N) is 3. The van der Waals surface area contributed by atoms with Crippen LogP contribution in [-0.2, 0) is 0 Å². The summed E-state index contributed by atoms with van der Waals surface area (Å²) in [5.41, 5.74) is 2.19. The minimum Gasteiger partial charge on any atom is -0.322 e. The summed E-state index contributed by atoms with van der Waals surface area (Å²) in [5, 5.41) is 10.6. The summed E-state index contributed by atoms with van der Waals surface area (Å²) >= 11 is 0. The first-order valence-corrected chi connectivity index (χ1v) is 5.89. The van der Waals surface area contributed by atoms with Gasteiger partial charge in [-0.2, -0.15) is 0 Å². The summed E-state index contributed by atoms with van der Waals surface area (Å²) in [5.74, 6) is 0.711. The summed E-state index contributed by atoms with van der Waals surface area (Å²) in [6.07, 6.45) is 5.40. The van der Waals surface area contributed by atoms with Crippen molar-refractivity contribution in [1.82, 2.24) is 4.98 Å². The average molecular weight is 253 g/mol. The SMILES string of the molecule is O=[N+]([O-])c1ccc(N2CC=Cc3ccccc32)nc1. The van der Waals surface area contributed by atoms with E-state index in [2.05, 4.69) is 11.1 Å². The van der Waals surface area contributed by atoms with Crippen molar-refractivity contribution in [3.8, 4) is 0 Å². The van der Waals surface area contributed by atoms with Gasteiger partial charge in [0.15, 0.2) is 0 Å². The quantitative estimate of drug-likeness (QED) is 0.609. The molecule has 1 aromatic carbocycles. The Bertz CT molecular complexity index is 650. The Morgan fingerprint density at radius 3 is 2.79 bits per heavy atom. The van der Waals surface area contributed by atoms with Crippen LogP contribution in [-0.4, -0.2) is 16.5 Å². The molecule has 0 N–H and O–H groups in total. The fourth-order valence-electron chi connectivity index (χ4n) is 2.12. The third kappa shape index (κ3) is 2.06. The number of fused-ring (bicyclic) bond motifs is 1. The van der Waals surface area contributed by atoms with E-state index in [0.29, 0.717) is 12.4 Å². The van der Waals surface area contributed by atoms with E-state index >= 15 is 0 Å². The van der Waals surface area contributed by atoms with Gasteiger partial charge in [0.1, 0.15) is 12.0 Å². The van der Waals surface area contributed by atoms with Gasteiger partial charge in [0, 0.05) is 18.3 Å². The number of anilines is 2. The number of para-hydroxylation sites is 1. The smallest absolute Gasteiger partial charge is 0.287 e. The second-order valence-corrected chi connectivity index (χ2v) is 4.20. The highest BCUT2D eigenvalue weighted by atomic mass is 16.6. The molecule has 0 amide bonds. The molecule has 5 nitrogen and oxygen atoms in total. The van der Waals surface area contributed by atoms with Crippen molar-refractivity contribution in [2.24, 2.45) is 0 Å². The van der Waals surface area contributed by atoms with Gasteiger partial charge in [0.25, 0.3) is 5.69 Å². The molecule has 94 valence electrons. The van der Waals surface area contributed by atoms with Crippen molar-refractivity contribution < 1.29 is 4.92 Å². The van der Waals surface area contributed by atoms with Gasteiger partial charge >= 0.3 is 0 Å². The van der Waals surface area contributed by atoms with Gasteiger partial charge < -0.3 is 4.90 Å². The van der Waals surface area contributed by atoms with Crippen LogP contribution in [0.1, 0.15) is 5.56 Å². The number of nitro groups is 1. The van der Waals surface area contributed by atoms with Crippen molar-refractivity contribution in [2.75, 3.05) is 11.4 Å². The van der Waals surface area contributed by atoms with Gasteiger partial charge in [0.2, 0.25) is 0 Å². The molecule has 0 saturated heterocycles. The molecule has 2 heterocycles. The molecule has 3 rings (SSSR count). The van der Waals surface area contributed by atoms with Crippen LogP contribution in [0.15, 0.2) is 48.7 Å². The zero-order valence-electron chi connectivity index (χ0n) is 10.1. The number of hydrogen-bond acceptors (Lipinski definition) is 4. The Hall–Kier alpha value is -2.69. The summed E-state index contributed by atoms with van der Waals surface area (Å²) in [6.45, 7) is 0.710. The molecule has 1 aliphatic heterocycles. The molecule has 1 aromatic heterocycles. The lowest BCUT2D eigenvalue weighted by molar-refractivity contribution is -0.385. The van der Waals surface area contributed by atoms with Crippen LogP contribution in [0.2, 0.25) is 0 Å². The molecule has 5 heteroatoms. The molecule has 0 unspecified atom stereocenters. The molecular weight excluding hydrogens is 242 g/mol. The zero-order chi connectivity index (χ0) is 13.2. The van der Waals surface area contributed by atoms with Crippen molar-refractivity contribution in [3.05, 3.63) is 64.3 Å². The molecule has 2 aromatic rings. The maximum Gasteiger partial charge on any atom is 0.287 e. The molecule has 19 heavy (non-hydrogen) atoms. The van der Waals surface area contributed by atoms with E-state index in [9.17, 15) is 10.1 Å². The lowest BCUT2D eigenvalue weighted by Crippen LogP contribution is -2.21. The van der Waals surface area contributed by atoms with E-state index in [-0.39, 0.29) is 5.69 Å². The molecule has 0 radical (unpaired) electrons. The summed E-state index contributed by atoms with van der Waals surface area (Å²) in [7, 11) is 0. The predicted molar refractivity (Wildman–Crippen MR) is 73.4 cm³/mol. The van der Waals surface area contributed by atoms with Crippen LogP contribution in [0.5, 0.6) is 0 Å². The Kier molecular flexibility index (Phi) is 2.72. The van der Waals surface area contributed by atoms with Gasteiger partial charge in [-0.15, -0.1) is 0 Å². The maximum absolute atomic E-state index is 10.6. The fraction of sp³-hybridized carbons (Fsp3) is 0.0714. The topological polar surface area (TPSA) is 59.3 Å². The number of rotatable bonds is 2. The monoisotopic (exact) mass is 253 g/mol. The van der Waals surface area contributed by atoms with Crippen molar-refractivity contribution in [2.45, 2.75) is 0 Å². The minimum atomic E-state index is -0.444. The number of pyridine rings is 1. The summed E-state index contributed by atoms with van der Waals surface area (Å²) in [6, 6.07) is 11.1. The highest BCUT2D eigenvalue weighted by molar-refractivity contribution is 5.76. The third-order valence-electron chi connectivity index (χ3n) is 3.03. The van der Waals surface area contributed by atoms with Crippen LogP contribution in [0.25, 0.3) is 6.08 Å². The first kappa shape index (κ1) is 11.4. The van der Waals surface area contributed by atoms with E-state index in [1.165, 1.54) is 12.3 Å². The lowest BCUT2D eigenvalue weighted by Gasteiger charge is -2.26. The number of hydrogen-bond donors (Lipinski definition) is 0. The molecule has 0 atom stereocenters. The minimum absolute atomic E-state index is 0.00425. The number of benzene rings is 1. The Morgan fingerprint density at radius 2 is 2.05 bits per heavy atom. The molecule has 0 spiro atoms. The van der Waals surface area contributed by atoms with E-state index < -0.39 is 4.92 Å². The summed E-state index contributed by atoms with van der Waals surface area (Å²) in [4.78, 5) is 16.4. The standard InChI is InChI=1S/C14H11N3O2/c18-17(19)12-7-8-14(15-10-12)16-9-3-5-11-4-1-2-6-13(11)16/h1-8,10H,9H2. The van der Waals surface area contributed by atoms with Crippen LogP contribution < -0.4 is 4.90 Å². The van der Waals surface area contributed by atoms with Gasteiger partial charge in [-0.1, -0.05) is 30.4 Å². The zero-order valence-corrected chi connectivity index (χ0v) is 10.1. The molecule has 0 fully saturated rings. The van der Waals surface area contributed by atoms with E-state index in [1.807, 2.05) is 35.2 Å². The van der Waals surface area contributed by atoms with Gasteiger partial charge in [-0.05, 0) is 17.7 Å². The third-order valence-corrected chi connectivity index (χ3v) is 3.03. The van der Waals surface area contributed by atoms with Crippen LogP contribution >= 0.6 is 0 Å². The van der Waals surface area contributed by atoms with Crippen molar-refractivity contribution in [1.29, 1.82) is 0 Å². The Morgan fingerprint density at radius 1 is 1.21 bits per heavy atom. The second kappa shape index (κ2) is 4.53. The second-order valence-electron chi connectivity index (χ2n) is 4.20. The first-order valence-electron chi connectivity index (χ1n) is 5.89. The van der Waals surface area contributed by atoms with Gasteiger partial charge in [-0.3, -0.25) is 10.1 Å². The van der Waals surface area contributed by atoms with E-state index in [1.54, 1.807) is 6.07 Å². The molecular formula is C14H11N3O2. The normalized spacial score (nSPS) is 13.2. The predicted octanol–water partition coefficient (Wildman–Crippen LogP) is 3.15. The molecule has 0 saturated carbocycles. The highest BCUT2D eigenvalue weighted by Gasteiger charge is 2.16. The molecule has 0 aliphatic carbocycles. The van der Waals surface area contributed by atoms with Gasteiger partial charge in [0.05, 0.1) is 4.92 Å². The molecule has 0 bridgehead atoms. The van der Waals surface area contributed by atoms with E-state index in [0.717, 1.165) is 11.3 Å². The Balaban J connectivity index is 1.99. The molecule has 1 aliphatic rings. The average Bonchev–Trinajstić information content (AvgIpc) is 2.47. The highest BCUT2D eigenvalue weighted by Crippen LogP contribution is 2.31.